The number of aliphatic imine (C=N–C) groups is 1. The third kappa shape index (κ3) is 4.84. The largest absolute Gasteiger partial charge is 0.356 e. The maximum absolute atomic E-state index is 14.1. The van der Waals surface area contributed by atoms with Gasteiger partial charge in [0.15, 0.2) is 5.65 Å². The van der Waals surface area contributed by atoms with Crippen molar-refractivity contribution in [3.8, 4) is 0 Å². The average Bonchev–Trinajstić information content (AvgIpc) is 3.66. The SMILES string of the molecule is CN=CC1CCN(c2nc3cc(C4CCCCN4C(=O)c4cc(C)ccc4N4CCCS4(=O)=O)nn3cc2C)C1. The molecular weight excluding hydrogens is 526 g/mol. The lowest BCUT2D eigenvalue weighted by atomic mass is 9.97. The standard InChI is InChI=1S/C29H37N7O3S/c1-20-8-9-25(36-12-6-14-40(36,38)39)23(15-20)29(37)34-11-5-4-7-26(34)24-16-27-31-28(21(2)18-35(27)32-24)33-13-10-22(19-33)17-30-3/h8-9,15-18,22,26H,4-7,10-14,19H2,1-3H3. The Morgan fingerprint density at radius 3 is 2.70 bits per heavy atom. The van der Waals surface area contributed by atoms with Gasteiger partial charge in [-0.05, 0) is 58.1 Å². The molecule has 0 bridgehead atoms. The molecule has 0 aliphatic carbocycles. The van der Waals surface area contributed by atoms with Gasteiger partial charge in [-0.2, -0.15) is 5.10 Å². The van der Waals surface area contributed by atoms with Crippen molar-refractivity contribution in [2.24, 2.45) is 10.9 Å². The van der Waals surface area contributed by atoms with Crippen LogP contribution in [0.2, 0.25) is 0 Å². The summed E-state index contributed by atoms with van der Waals surface area (Å²) in [6.45, 7) is 6.84. The second kappa shape index (κ2) is 10.5. The summed E-state index contributed by atoms with van der Waals surface area (Å²) in [7, 11) is -1.60. The first-order chi connectivity index (χ1) is 19.2. The van der Waals surface area contributed by atoms with Gasteiger partial charge in [-0.1, -0.05) is 11.6 Å². The first-order valence-electron chi connectivity index (χ1n) is 14.2. The van der Waals surface area contributed by atoms with Gasteiger partial charge >= 0.3 is 0 Å². The van der Waals surface area contributed by atoms with Crippen LogP contribution in [0.4, 0.5) is 11.5 Å². The number of carbonyl (C=O) groups is 1. The van der Waals surface area contributed by atoms with E-state index in [-0.39, 0.29) is 17.7 Å². The molecule has 212 valence electrons. The van der Waals surface area contributed by atoms with E-state index in [4.69, 9.17) is 10.1 Å². The van der Waals surface area contributed by atoms with Crippen molar-refractivity contribution >= 4 is 39.3 Å². The molecule has 1 amide bonds. The first kappa shape index (κ1) is 26.7. The van der Waals surface area contributed by atoms with E-state index in [2.05, 4.69) is 16.8 Å². The molecule has 5 heterocycles. The number of piperidine rings is 1. The van der Waals surface area contributed by atoms with Crippen molar-refractivity contribution in [2.45, 2.75) is 52.0 Å². The van der Waals surface area contributed by atoms with Crippen molar-refractivity contribution in [1.29, 1.82) is 0 Å². The van der Waals surface area contributed by atoms with Gasteiger partial charge < -0.3 is 14.8 Å². The summed E-state index contributed by atoms with van der Waals surface area (Å²) in [6.07, 6.45) is 8.37. The Morgan fingerprint density at radius 2 is 1.93 bits per heavy atom. The van der Waals surface area contributed by atoms with Crippen molar-refractivity contribution in [3.63, 3.8) is 0 Å². The van der Waals surface area contributed by atoms with E-state index in [0.717, 1.165) is 67.1 Å². The summed E-state index contributed by atoms with van der Waals surface area (Å²) in [5, 5.41) is 4.89. The van der Waals surface area contributed by atoms with E-state index in [1.807, 2.05) is 54.0 Å². The zero-order chi connectivity index (χ0) is 28.0. The van der Waals surface area contributed by atoms with Crippen LogP contribution < -0.4 is 9.21 Å². The summed E-state index contributed by atoms with van der Waals surface area (Å²) in [5.74, 6) is 1.37. The molecule has 0 N–H and O–H groups in total. The molecule has 3 aromatic rings. The van der Waals surface area contributed by atoms with E-state index >= 15 is 0 Å². The fraction of sp³-hybridized carbons (Fsp3) is 0.517. The Labute approximate surface area is 235 Å². The minimum absolute atomic E-state index is 0.112. The van der Waals surface area contributed by atoms with Crippen LogP contribution >= 0.6 is 0 Å². The summed E-state index contributed by atoms with van der Waals surface area (Å²) < 4.78 is 28.7. The molecule has 0 spiro atoms. The predicted molar refractivity (Wildman–Crippen MR) is 157 cm³/mol. The molecule has 2 aromatic heterocycles. The van der Waals surface area contributed by atoms with E-state index in [0.29, 0.717) is 36.7 Å². The molecule has 3 aliphatic rings. The summed E-state index contributed by atoms with van der Waals surface area (Å²) in [6, 6.07) is 7.28. The number of carbonyl (C=O) groups excluding carboxylic acids is 1. The van der Waals surface area contributed by atoms with E-state index < -0.39 is 10.0 Å². The lowest BCUT2D eigenvalue weighted by molar-refractivity contribution is 0.0606. The zero-order valence-corrected chi connectivity index (χ0v) is 24.3. The number of aryl methyl sites for hydroxylation is 2. The molecule has 11 heteroatoms. The Bertz CT molecular complexity index is 1580. The van der Waals surface area contributed by atoms with Crippen LogP contribution in [0.3, 0.4) is 0 Å². The van der Waals surface area contributed by atoms with Crippen LogP contribution in [0.5, 0.6) is 0 Å². The Morgan fingerprint density at radius 1 is 1.07 bits per heavy atom. The number of sulfonamides is 1. The maximum atomic E-state index is 14.1. The number of rotatable bonds is 5. The van der Waals surface area contributed by atoms with E-state index in [9.17, 15) is 13.2 Å². The third-order valence-corrected chi connectivity index (χ3v) is 10.2. The van der Waals surface area contributed by atoms with Gasteiger partial charge in [-0.25, -0.2) is 17.9 Å². The third-order valence-electron chi connectivity index (χ3n) is 8.36. The fourth-order valence-corrected chi connectivity index (χ4v) is 7.98. The van der Waals surface area contributed by atoms with Gasteiger partial charge in [0, 0.05) is 63.2 Å². The van der Waals surface area contributed by atoms with Crippen LogP contribution in [0.25, 0.3) is 5.65 Å². The van der Waals surface area contributed by atoms with Gasteiger partial charge in [0.25, 0.3) is 5.91 Å². The molecule has 0 saturated carbocycles. The summed E-state index contributed by atoms with van der Waals surface area (Å²) in [4.78, 5) is 27.5. The lowest BCUT2D eigenvalue weighted by Gasteiger charge is -2.35. The monoisotopic (exact) mass is 563 g/mol. The fourth-order valence-electron chi connectivity index (χ4n) is 6.40. The van der Waals surface area contributed by atoms with Crippen LogP contribution in [-0.4, -0.2) is 79.0 Å². The number of benzene rings is 1. The Hall–Kier alpha value is -3.47. The molecule has 10 nitrogen and oxygen atoms in total. The molecule has 2 atom stereocenters. The molecule has 3 saturated heterocycles. The van der Waals surface area contributed by atoms with Crippen LogP contribution in [0, 0.1) is 19.8 Å². The minimum atomic E-state index is -3.42. The van der Waals surface area contributed by atoms with Crippen LogP contribution in [0.1, 0.15) is 65.3 Å². The smallest absolute Gasteiger partial charge is 0.256 e. The van der Waals surface area contributed by atoms with Gasteiger partial charge in [-0.15, -0.1) is 0 Å². The van der Waals surface area contributed by atoms with Gasteiger partial charge in [0.1, 0.15) is 5.82 Å². The van der Waals surface area contributed by atoms with Crippen molar-refractivity contribution in [1.82, 2.24) is 19.5 Å². The van der Waals surface area contributed by atoms with Crippen LogP contribution in [0.15, 0.2) is 35.5 Å². The number of amides is 1. The number of hydrogen-bond donors (Lipinski definition) is 0. The number of likely N-dealkylation sites (tertiary alicyclic amines) is 1. The summed E-state index contributed by atoms with van der Waals surface area (Å²) in [5.41, 5.74) is 4.48. The zero-order valence-electron chi connectivity index (χ0n) is 23.5. The highest BCUT2D eigenvalue weighted by atomic mass is 32.2. The molecule has 2 unspecified atom stereocenters. The second-order valence-electron chi connectivity index (χ2n) is 11.3. The van der Waals surface area contributed by atoms with E-state index in [1.54, 1.807) is 6.07 Å². The Balaban J connectivity index is 1.32. The van der Waals surface area contributed by atoms with Crippen molar-refractivity contribution in [3.05, 3.63) is 52.8 Å². The highest BCUT2D eigenvalue weighted by Crippen LogP contribution is 2.36. The quantitative estimate of drug-likeness (QED) is 0.438. The molecule has 40 heavy (non-hydrogen) atoms. The predicted octanol–water partition coefficient (Wildman–Crippen LogP) is 3.78. The lowest BCUT2D eigenvalue weighted by Crippen LogP contribution is -2.39. The highest BCUT2D eigenvalue weighted by Gasteiger charge is 2.36. The number of fused-ring (bicyclic) bond motifs is 1. The topological polar surface area (TPSA) is 103 Å². The van der Waals surface area contributed by atoms with Crippen LogP contribution in [-0.2, 0) is 10.0 Å². The molecule has 1 aromatic carbocycles. The maximum Gasteiger partial charge on any atom is 0.256 e. The average molecular weight is 564 g/mol. The first-order valence-corrected chi connectivity index (χ1v) is 15.8. The van der Waals surface area contributed by atoms with Gasteiger partial charge in [0.2, 0.25) is 10.0 Å². The van der Waals surface area contributed by atoms with Gasteiger partial charge in [-0.3, -0.25) is 9.10 Å². The molecular formula is C29H37N7O3S. The minimum Gasteiger partial charge on any atom is -0.356 e. The molecule has 0 radical (unpaired) electrons. The second-order valence-corrected chi connectivity index (χ2v) is 13.3. The van der Waals surface area contributed by atoms with Gasteiger partial charge in [0.05, 0.1) is 28.7 Å². The molecule has 3 fully saturated rings. The Kier molecular flexibility index (Phi) is 7.02. The highest BCUT2D eigenvalue weighted by molar-refractivity contribution is 7.93. The number of nitrogens with zero attached hydrogens (tertiary/aromatic N) is 7. The van der Waals surface area contributed by atoms with E-state index in [1.165, 1.54) is 4.31 Å². The normalized spacial score (nSPS) is 23.1. The van der Waals surface area contributed by atoms with Crippen molar-refractivity contribution in [2.75, 3.05) is 48.2 Å². The van der Waals surface area contributed by atoms with Crippen molar-refractivity contribution < 1.29 is 13.2 Å². The number of anilines is 2. The molecule has 6 rings (SSSR count). The number of hydrogen-bond acceptors (Lipinski definition) is 7. The number of aromatic nitrogens is 3. The molecule has 3 aliphatic heterocycles. The summed E-state index contributed by atoms with van der Waals surface area (Å²) >= 11 is 0.